The van der Waals surface area contributed by atoms with E-state index in [1.165, 1.54) is 15.6 Å². The van der Waals surface area contributed by atoms with Crippen molar-refractivity contribution >= 4 is 66.0 Å². The average molecular weight is 485 g/mol. The number of thiophene rings is 1. The Kier molecular flexibility index (Phi) is 6.35. The summed E-state index contributed by atoms with van der Waals surface area (Å²) in [6, 6.07) is 10.1. The van der Waals surface area contributed by atoms with E-state index in [1.807, 2.05) is 18.2 Å². The van der Waals surface area contributed by atoms with Crippen LogP contribution in [-0.4, -0.2) is 31.0 Å². The van der Waals surface area contributed by atoms with E-state index in [0.29, 0.717) is 12.3 Å². The molecule has 0 radical (unpaired) electrons. The van der Waals surface area contributed by atoms with Crippen LogP contribution in [0.25, 0.3) is 20.3 Å². The first-order chi connectivity index (χ1) is 15.6. The lowest BCUT2D eigenvalue weighted by molar-refractivity contribution is -0.107. The summed E-state index contributed by atoms with van der Waals surface area (Å²) >= 11 is 9.55. The van der Waals surface area contributed by atoms with Crippen molar-refractivity contribution in [2.75, 3.05) is 24.6 Å². The first-order valence-electron chi connectivity index (χ1n) is 11.0. The van der Waals surface area contributed by atoms with Crippen molar-refractivity contribution in [2.45, 2.75) is 32.6 Å². The molecule has 1 aliphatic heterocycles. The highest BCUT2D eigenvalue weighted by Gasteiger charge is 2.22. The molecule has 0 bridgehead atoms. The predicted octanol–water partition coefficient (Wildman–Crippen LogP) is 6.90. The molecule has 1 aliphatic rings. The Morgan fingerprint density at radius 2 is 2.09 bits per heavy atom. The largest absolute Gasteiger partial charge is 0.493 e. The molecule has 3 heterocycles. The van der Waals surface area contributed by atoms with Crippen LogP contribution in [0.5, 0.6) is 5.75 Å². The van der Waals surface area contributed by atoms with Crippen molar-refractivity contribution < 1.29 is 9.53 Å². The molecule has 0 atom stereocenters. The van der Waals surface area contributed by atoms with E-state index < -0.39 is 0 Å². The van der Waals surface area contributed by atoms with Crippen molar-refractivity contribution in [3.8, 4) is 5.75 Å². The van der Waals surface area contributed by atoms with Crippen molar-refractivity contribution in [3.05, 3.63) is 51.9 Å². The van der Waals surface area contributed by atoms with Gasteiger partial charge < -0.3 is 14.4 Å². The zero-order valence-electron chi connectivity index (χ0n) is 18.0. The molecule has 2 aromatic carbocycles. The number of nitrogens with zero attached hydrogens (tertiary/aromatic N) is 2. The topological polar surface area (TPSA) is 42.4 Å². The van der Waals surface area contributed by atoms with Gasteiger partial charge >= 0.3 is 0 Å². The maximum atomic E-state index is 10.9. The first kappa shape index (κ1) is 21.7. The molecule has 1 saturated heterocycles. The van der Waals surface area contributed by atoms with Gasteiger partial charge in [0, 0.05) is 34.8 Å². The van der Waals surface area contributed by atoms with Crippen molar-refractivity contribution in [3.63, 3.8) is 0 Å². The standard InChI is InChI=1S/C25H25ClN2O2S2/c1-16-22(5-3-20-18(8-12-29)15-31-24(16)20)30-13-9-17-6-10-28(11-7-17)25-27-21-4-2-19(26)14-23(21)32-25/h2-5,12,14-15,17H,6-11,13H2,1H3. The number of ether oxygens (including phenoxy) is 1. The summed E-state index contributed by atoms with van der Waals surface area (Å²) in [6.07, 6.45) is 4.85. The second-order valence-electron chi connectivity index (χ2n) is 8.37. The van der Waals surface area contributed by atoms with Crippen LogP contribution in [0, 0.1) is 12.8 Å². The third-order valence-electron chi connectivity index (χ3n) is 6.33. The van der Waals surface area contributed by atoms with Gasteiger partial charge in [-0.15, -0.1) is 11.3 Å². The molecule has 1 fully saturated rings. The van der Waals surface area contributed by atoms with E-state index in [-0.39, 0.29) is 0 Å². The summed E-state index contributed by atoms with van der Waals surface area (Å²) in [5, 5.41) is 5.13. The van der Waals surface area contributed by atoms with E-state index in [4.69, 9.17) is 21.3 Å². The Morgan fingerprint density at radius 1 is 1.25 bits per heavy atom. The highest BCUT2D eigenvalue weighted by atomic mass is 35.5. The van der Waals surface area contributed by atoms with E-state index in [1.54, 1.807) is 22.7 Å². The van der Waals surface area contributed by atoms with Gasteiger partial charge in [-0.3, -0.25) is 0 Å². The van der Waals surface area contributed by atoms with Crippen LogP contribution in [0.2, 0.25) is 5.02 Å². The Labute approximate surface area is 200 Å². The van der Waals surface area contributed by atoms with E-state index in [0.717, 1.165) is 76.9 Å². The van der Waals surface area contributed by atoms with Gasteiger partial charge in [0.15, 0.2) is 5.13 Å². The molecule has 4 nitrogen and oxygen atoms in total. The molecule has 0 spiro atoms. The lowest BCUT2D eigenvalue weighted by atomic mass is 9.94. The van der Waals surface area contributed by atoms with Crippen LogP contribution in [-0.2, 0) is 11.2 Å². The minimum atomic E-state index is 0.475. The van der Waals surface area contributed by atoms with Crippen LogP contribution < -0.4 is 9.64 Å². The smallest absolute Gasteiger partial charge is 0.186 e. The van der Waals surface area contributed by atoms with Crippen LogP contribution in [0.15, 0.2) is 35.7 Å². The van der Waals surface area contributed by atoms with E-state index in [2.05, 4.69) is 29.3 Å². The molecule has 0 unspecified atom stereocenters. The highest BCUT2D eigenvalue weighted by Crippen LogP contribution is 2.35. The second-order valence-corrected chi connectivity index (χ2v) is 10.7. The van der Waals surface area contributed by atoms with Gasteiger partial charge in [-0.25, -0.2) is 4.98 Å². The minimum absolute atomic E-state index is 0.475. The van der Waals surface area contributed by atoms with Crippen LogP contribution >= 0.6 is 34.3 Å². The SMILES string of the molecule is Cc1c(OCCC2CCN(c3nc4ccc(Cl)cc4s3)CC2)ccc2c(CC=O)csc12. The maximum absolute atomic E-state index is 10.9. The molecule has 5 rings (SSSR count). The predicted molar refractivity (Wildman–Crippen MR) is 136 cm³/mol. The van der Waals surface area contributed by atoms with E-state index in [9.17, 15) is 4.79 Å². The molecule has 0 saturated carbocycles. The van der Waals surface area contributed by atoms with Gasteiger partial charge in [0.1, 0.15) is 12.0 Å². The Hall–Kier alpha value is -2.15. The number of hydrogen-bond donors (Lipinski definition) is 0. The Morgan fingerprint density at radius 3 is 2.91 bits per heavy atom. The molecule has 0 N–H and O–H groups in total. The van der Waals surface area contributed by atoms with Gasteiger partial charge in [-0.05, 0) is 78.8 Å². The molecule has 32 heavy (non-hydrogen) atoms. The number of benzene rings is 2. The molecular weight excluding hydrogens is 460 g/mol. The number of carbonyl (C=O) groups excluding carboxylic acids is 1. The summed E-state index contributed by atoms with van der Waals surface area (Å²) in [7, 11) is 0. The number of carbonyl (C=O) groups is 1. The fraction of sp³-hybridized carbons (Fsp3) is 0.360. The lowest BCUT2D eigenvalue weighted by Gasteiger charge is -2.31. The van der Waals surface area contributed by atoms with Crippen molar-refractivity contribution in [2.24, 2.45) is 5.92 Å². The zero-order valence-corrected chi connectivity index (χ0v) is 20.4. The molecule has 166 valence electrons. The number of hydrogen-bond acceptors (Lipinski definition) is 6. The van der Waals surface area contributed by atoms with Crippen LogP contribution in [0.4, 0.5) is 5.13 Å². The summed E-state index contributed by atoms with van der Waals surface area (Å²) in [4.78, 5) is 18.1. The summed E-state index contributed by atoms with van der Waals surface area (Å²) in [6.45, 7) is 4.93. The number of aromatic nitrogens is 1. The van der Waals surface area contributed by atoms with E-state index >= 15 is 0 Å². The molecule has 7 heteroatoms. The minimum Gasteiger partial charge on any atom is -0.493 e. The third-order valence-corrected chi connectivity index (χ3v) is 8.81. The van der Waals surface area contributed by atoms with Gasteiger partial charge in [-0.1, -0.05) is 22.9 Å². The monoisotopic (exact) mass is 484 g/mol. The van der Waals surface area contributed by atoms with Gasteiger partial charge in [0.05, 0.1) is 16.8 Å². The summed E-state index contributed by atoms with van der Waals surface area (Å²) < 4.78 is 8.56. The number of halogens is 1. The van der Waals surface area contributed by atoms with Crippen LogP contribution in [0.3, 0.4) is 0 Å². The number of fused-ring (bicyclic) bond motifs is 2. The number of anilines is 1. The number of piperidine rings is 1. The Bertz CT molecular complexity index is 1260. The maximum Gasteiger partial charge on any atom is 0.186 e. The second kappa shape index (κ2) is 9.38. The molecule has 4 aromatic rings. The fourth-order valence-electron chi connectivity index (χ4n) is 4.45. The molecule has 0 aliphatic carbocycles. The van der Waals surface area contributed by atoms with Gasteiger partial charge in [-0.2, -0.15) is 0 Å². The zero-order chi connectivity index (χ0) is 22.1. The molecule has 2 aromatic heterocycles. The molecule has 0 amide bonds. The number of aldehydes is 1. The van der Waals surface area contributed by atoms with Gasteiger partial charge in [0.2, 0.25) is 0 Å². The fourth-order valence-corrected chi connectivity index (χ4v) is 6.83. The summed E-state index contributed by atoms with van der Waals surface area (Å²) in [5.74, 6) is 1.64. The Balaban J connectivity index is 1.15. The first-order valence-corrected chi connectivity index (χ1v) is 13.1. The van der Waals surface area contributed by atoms with Crippen molar-refractivity contribution in [1.82, 2.24) is 4.98 Å². The number of aryl methyl sites for hydroxylation is 1. The normalized spacial score (nSPS) is 15.0. The van der Waals surface area contributed by atoms with Gasteiger partial charge in [0.25, 0.3) is 0 Å². The number of thiazole rings is 1. The lowest BCUT2D eigenvalue weighted by Crippen LogP contribution is -2.34. The average Bonchev–Trinajstić information content (AvgIpc) is 3.40. The quantitative estimate of drug-likeness (QED) is 0.267. The molecular formula is C25H25ClN2O2S2. The number of rotatable bonds is 7. The third kappa shape index (κ3) is 4.36. The van der Waals surface area contributed by atoms with Crippen LogP contribution in [0.1, 0.15) is 30.4 Å². The summed E-state index contributed by atoms with van der Waals surface area (Å²) in [5.41, 5.74) is 3.31. The highest BCUT2D eigenvalue weighted by molar-refractivity contribution is 7.22. The van der Waals surface area contributed by atoms with Crippen molar-refractivity contribution in [1.29, 1.82) is 0 Å².